The van der Waals surface area contributed by atoms with Crippen molar-refractivity contribution in [3.05, 3.63) is 40.8 Å². The highest BCUT2D eigenvalue weighted by atomic mass is 35.5. The Morgan fingerprint density at radius 2 is 2.11 bits per heavy atom. The number of rotatable bonds is 9. The lowest BCUT2D eigenvalue weighted by Crippen LogP contribution is -2.55. The zero-order valence-electron chi connectivity index (χ0n) is 20.0. The Kier molecular flexibility index (Phi) is 8.64. The van der Waals surface area contributed by atoms with Gasteiger partial charge < -0.3 is 21.0 Å². The monoisotopic (exact) mass is 532 g/mol. The standard InChI is InChI=1S/C22H25ClN8O6/c1-12(2)29-6-5-16(14(9-29)20(25)33)31(11-24)37-22(36)15-7-17(21(34)35)30(28-15)10-19(32)27-18-4-3-13(23)8-26-18/h3-4,7-8,12,14,16H,5-6,9-10H2,1-2H3,(H2,25,33)(H,34,35)(H,26,27,32). The number of amides is 2. The van der Waals surface area contributed by atoms with Crippen LogP contribution in [0.15, 0.2) is 24.4 Å². The van der Waals surface area contributed by atoms with Gasteiger partial charge in [-0.1, -0.05) is 11.6 Å². The molecule has 0 aliphatic carbocycles. The van der Waals surface area contributed by atoms with Gasteiger partial charge in [0.25, 0.3) is 0 Å². The van der Waals surface area contributed by atoms with E-state index in [1.807, 2.05) is 18.7 Å². The molecule has 3 heterocycles. The molecule has 0 aromatic carbocycles. The topological polar surface area (TPSA) is 197 Å². The molecule has 2 aromatic heterocycles. The van der Waals surface area contributed by atoms with Crippen LogP contribution in [-0.4, -0.2) is 78.8 Å². The normalized spacial score (nSPS) is 17.6. The van der Waals surface area contributed by atoms with Crippen LogP contribution in [-0.2, 0) is 21.0 Å². The minimum atomic E-state index is -1.45. The number of carbonyl (C=O) groups is 4. The summed E-state index contributed by atoms with van der Waals surface area (Å²) in [6.07, 6.45) is 3.38. The Labute approximate surface area is 216 Å². The van der Waals surface area contributed by atoms with E-state index < -0.39 is 53.6 Å². The van der Waals surface area contributed by atoms with Gasteiger partial charge in [-0.25, -0.2) is 19.3 Å². The van der Waals surface area contributed by atoms with E-state index in [4.69, 9.17) is 22.2 Å². The van der Waals surface area contributed by atoms with Crippen LogP contribution in [0.2, 0.25) is 5.02 Å². The Balaban J connectivity index is 1.74. The Bertz CT molecular complexity index is 1220. The average molecular weight is 533 g/mol. The smallest absolute Gasteiger partial charge is 0.384 e. The Morgan fingerprint density at radius 1 is 1.38 bits per heavy atom. The lowest BCUT2D eigenvalue weighted by Gasteiger charge is -2.40. The highest BCUT2D eigenvalue weighted by Gasteiger charge is 2.39. The fourth-order valence-corrected chi connectivity index (χ4v) is 3.98. The van der Waals surface area contributed by atoms with Crippen molar-refractivity contribution in [2.75, 3.05) is 18.4 Å². The van der Waals surface area contributed by atoms with Crippen molar-refractivity contribution >= 4 is 41.2 Å². The van der Waals surface area contributed by atoms with Crippen LogP contribution >= 0.6 is 11.6 Å². The molecule has 2 atom stereocenters. The number of nitrogens with two attached hydrogens (primary N) is 1. The minimum absolute atomic E-state index is 0.145. The SMILES string of the molecule is CC(C)N1CCC(N(C#N)OC(=O)c2cc(C(=O)O)n(CC(=O)Nc3ccc(Cl)cn3)n2)C(C(N)=O)C1. The number of nitriles is 1. The highest BCUT2D eigenvalue weighted by Crippen LogP contribution is 2.24. The molecule has 1 aliphatic rings. The molecule has 0 spiro atoms. The average Bonchev–Trinajstić information content (AvgIpc) is 3.27. The summed E-state index contributed by atoms with van der Waals surface area (Å²) in [5.41, 5.74) is 4.63. The number of halogens is 1. The molecule has 196 valence electrons. The van der Waals surface area contributed by atoms with Gasteiger partial charge >= 0.3 is 11.9 Å². The van der Waals surface area contributed by atoms with Gasteiger partial charge in [-0.15, -0.1) is 5.06 Å². The van der Waals surface area contributed by atoms with Crippen LogP contribution < -0.4 is 11.1 Å². The lowest BCUT2D eigenvalue weighted by molar-refractivity contribution is -0.143. The molecular weight excluding hydrogens is 508 g/mol. The van der Waals surface area contributed by atoms with Crippen molar-refractivity contribution in [1.29, 1.82) is 5.26 Å². The second kappa shape index (κ2) is 11.7. The number of aromatic carboxylic acids is 1. The summed E-state index contributed by atoms with van der Waals surface area (Å²) in [6.45, 7) is 4.19. The van der Waals surface area contributed by atoms with Crippen LogP contribution in [0, 0.1) is 17.4 Å². The summed E-state index contributed by atoms with van der Waals surface area (Å²) in [7, 11) is 0. The van der Waals surface area contributed by atoms with Crippen LogP contribution in [0.25, 0.3) is 0 Å². The molecule has 1 saturated heterocycles. The van der Waals surface area contributed by atoms with Gasteiger partial charge in [0, 0.05) is 31.4 Å². The third-order valence-electron chi connectivity index (χ3n) is 5.78. The Hall–Kier alpha value is -4.22. The van der Waals surface area contributed by atoms with Gasteiger partial charge in [-0.2, -0.15) is 10.4 Å². The second-order valence-corrected chi connectivity index (χ2v) is 8.98. The molecular formula is C22H25ClN8O6. The maximum atomic E-state index is 12.8. The predicted octanol–water partition coefficient (Wildman–Crippen LogP) is 0.707. The minimum Gasteiger partial charge on any atom is -0.477 e. The summed E-state index contributed by atoms with van der Waals surface area (Å²) in [5.74, 6) is -4.52. The van der Waals surface area contributed by atoms with E-state index in [0.29, 0.717) is 23.1 Å². The third kappa shape index (κ3) is 6.72. The number of hydroxylamine groups is 2. The highest BCUT2D eigenvalue weighted by molar-refractivity contribution is 6.30. The molecule has 0 radical (unpaired) electrons. The van der Waals surface area contributed by atoms with Gasteiger partial charge in [-0.3, -0.25) is 14.5 Å². The number of carboxylic acid groups (broad SMARTS) is 1. The van der Waals surface area contributed by atoms with E-state index in [1.54, 1.807) is 6.19 Å². The van der Waals surface area contributed by atoms with Crippen molar-refractivity contribution in [1.82, 2.24) is 24.7 Å². The number of nitrogens with zero attached hydrogens (tertiary/aromatic N) is 6. The summed E-state index contributed by atoms with van der Waals surface area (Å²) in [4.78, 5) is 60.0. The molecule has 14 nitrogen and oxygen atoms in total. The zero-order valence-corrected chi connectivity index (χ0v) is 20.8. The molecule has 4 N–H and O–H groups in total. The van der Waals surface area contributed by atoms with Gasteiger partial charge in [-0.05, 0) is 32.4 Å². The first kappa shape index (κ1) is 27.4. The van der Waals surface area contributed by atoms with E-state index in [1.165, 1.54) is 18.3 Å². The molecule has 2 unspecified atom stereocenters. The first-order chi connectivity index (χ1) is 17.5. The number of carbonyl (C=O) groups excluding carboxylic acids is 3. The van der Waals surface area contributed by atoms with Crippen molar-refractivity contribution in [3.63, 3.8) is 0 Å². The van der Waals surface area contributed by atoms with E-state index in [0.717, 1.165) is 10.7 Å². The first-order valence-electron chi connectivity index (χ1n) is 11.2. The third-order valence-corrected chi connectivity index (χ3v) is 6.00. The molecule has 1 fully saturated rings. The van der Waals surface area contributed by atoms with Gasteiger partial charge in [0.1, 0.15) is 18.1 Å². The van der Waals surface area contributed by atoms with Gasteiger partial charge in [0.2, 0.25) is 18.0 Å². The van der Waals surface area contributed by atoms with Gasteiger partial charge in [0.05, 0.1) is 17.0 Å². The molecule has 2 aromatic rings. The maximum absolute atomic E-state index is 12.8. The van der Waals surface area contributed by atoms with Gasteiger partial charge in [0.15, 0.2) is 5.69 Å². The predicted molar refractivity (Wildman–Crippen MR) is 128 cm³/mol. The van der Waals surface area contributed by atoms with E-state index >= 15 is 0 Å². The molecule has 1 aliphatic heterocycles. The number of nitrogens with one attached hydrogen (secondary N) is 1. The molecule has 37 heavy (non-hydrogen) atoms. The number of pyridine rings is 1. The van der Waals surface area contributed by atoms with Crippen molar-refractivity contribution in [3.8, 4) is 6.19 Å². The lowest BCUT2D eigenvalue weighted by atomic mass is 9.90. The number of aromatic nitrogens is 3. The van der Waals surface area contributed by atoms with Crippen LogP contribution in [0.1, 0.15) is 41.2 Å². The first-order valence-corrected chi connectivity index (χ1v) is 11.5. The number of piperidine rings is 1. The molecule has 0 bridgehead atoms. The fraction of sp³-hybridized carbons (Fsp3) is 0.409. The van der Waals surface area contributed by atoms with Crippen LogP contribution in [0.3, 0.4) is 0 Å². The summed E-state index contributed by atoms with van der Waals surface area (Å²) >= 11 is 5.76. The largest absolute Gasteiger partial charge is 0.477 e. The number of primary amides is 1. The van der Waals surface area contributed by atoms with E-state index in [9.17, 15) is 29.5 Å². The number of carboxylic acids is 1. The quantitative estimate of drug-likeness (QED) is 0.233. The molecule has 3 rings (SSSR count). The second-order valence-electron chi connectivity index (χ2n) is 8.55. The molecule has 2 amide bonds. The molecule has 15 heteroatoms. The van der Waals surface area contributed by atoms with Crippen molar-refractivity contribution in [2.24, 2.45) is 11.7 Å². The fourth-order valence-electron chi connectivity index (χ4n) is 3.87. The number of hydrogen-bond donors (Lipinski definition) is 3. The summed E-state index contributed by atoms with van der Waals surface area (Å²) < 4.78 is 0.800. The van der Waals surface area contributed by atoms with Crippen molar-refractivity contribution in [2.45, 2.75) is 38.9 Å². The number of hydrogen-bond acceptors (Lipinski definition) is 10. The number of likely N-dealkylation sites (tertiary alicyclic amines) is 1. The van der Waals surface area contributed by atoms with Crippen LogP contribution in [0.5, 0.6) is 0 Å². The van der Waals surface area contributed by atoms with E-state index in [-0.39, 0.29) is 18.4 Å². The van der Waals surface area contributed by atoms with Crippen LogP contribution in [0.4, 0.5) is 5.82 Å². The van der Waals surface area contributed by atoms with Crippen molar-refractivity contribution < 1.29 is 29.1 Å². The zero-order chi connectivity index (χ0) is 27.3. The summed E-state index contributed by atoms with van der Waals surface area (Å²) in [5, 5.41) is 26.5. The molecule has 0 saturated carbocycles. The maximum Gasteiger partial charge on any atom is 0.384 e. The number of anilines is 1. The Morgan fingerprint density at radius 3 is 2.68 bits per heavy atom. The van der Waals surface area contributed by atoms with E-state index in [2.05, 4.69) is 15.4 Å². The summed E-state index contributed by atoms with van der Waals surface area (Å²) in [6, 6.07) is 3.21.